The Hall–Kier alpha value is -4.16. The molecule has 1 saturated heterocycles. The van der Waals surface area contributed by atoms with Gasteiger partial charge in [0.15, 0.2) is 5.69 Å². The van der Waals surface area contributed by atoms with E-state index in [1.807, 2.05) is 44.7 Å². The predicted molar refractivity (Wildman–Crippen MR) is 154 cm³/mol. The lowest BCUT2D eigenvalue weighted by molar-refractivity contribution is 0.0886. The Balaban J connectivity index is 0.00000181. The quantitative estimate of drug-likeness (QED) is 0.356. The minimum atomic E-state index is -0.544. The van der Waals surface area contributed by atoms with Crippen molar-refractivity contribution < 1.29 is 19.0 Å². The number of pyridine rings is 1. The Morgan fingerprint density at radius 2 is 2.08 bits per heavy atom. The number of nitrogen functional groups attached to an aromatic ring is 1. The van der Waals surface area contributed by atoms with Gasteiger partial charge in [-0.2, -0.15) is 0 Å². The molecule has 3 rings (SSSR count). The van der Waals surface area contributed by atoms with E-state index in [4.69, 9.17) is 15.7 Å². The number of ether oxygens (including phenoxy) is 1. The van der Waals surface area contributed by atoms with Gasteiger partial charge in [-0.3, -0.25) is 4.79 Å². The molecule has 2 aromatic rings. The van der Waals surface area contributed by atoms with Gasteiger partial charge in [0.2, 0.25) is 0 Å². The molecular weight excluding hydrogens is 497 g/mol. The third-order valence-corrected chi connectivity index (χ3v) is 5.62. The number of hydrogen-bond acceptors (Lipinski definition) is 7. The molecule has 1 aliphatic rings. The highest BCUT2D eigenvalue weighted by Crippen LogP contribution is 2.28. The SMILES string of the molecule is C#N.C=C/C(NC(=O)c1nc(-c2cc(OCCC)ccc2F)ccc1N)=C(\C=C/C)N1CCC[C@H](O)C1.CC. The van der Waals surface area contributed by atoms with E-state index in [1.165, 1.54) is 12.1 Å². The number of aliphatic hydroxyl groups is 1. The second-order valence-electron chi connectivity index (χ2n) is 8.32. The van der Waals surface area contributed by atoms with Crippen LogP contribution in [0.25, 0.3) is 11.3 Å². The van der Waals surface area contributed by atoms with E-state index in [0.29, 0.717) is 24.6 Å². The van der Waals surface area contributed by atoms with Gasteiger partial charge in [0.25, 0.3) is 5.91 Å². The van der Waals surface area contributed by atoms with E-state index in [2.05, 4.69) is 23.5 Å². The van der Waals surface area contributed by atoms with Crippen molar-refractivity contribution >= 4 is 11.6 Å². The molecule has 0 saturated carbocycles. The van der Waals surface area contributed by atoms with Crippen molar-refractivity contribution in [2.75, 3.05) is 25.4 Å². The van der Waals surface area contributed by atoms with Crippen LogP contribution in [-0.4, -0.2) is 46.7 Å². The molecule has 4 N–H and O–H groups in total. The summed E-state index contributed by atoms with van der Waals surface area (Å²) in [5.41, 5.74) is 7.88. The molecule has 1 aromatic heterocycles. The highest BCUT2D eigenvalue weighted by molar-refractivity contribution is 5.99. The molecule has 1 amide bonds. The number of benzene rings is 1. The van der Waals surface area contributed by atoms with E-state index in [-0.39, 0.29) is 22.6 Å². The van der Waals surface area contributed by atoms with Gasteiger partial charge in [-0.15, -0.1) is 0 Å². The highest BCUT2D eigenvalue weighted by atomic mass is 19.1. The molecule has 39 heavy (non-hydrogen) atoms. The van der Waals surface area contributed by atoms with Crippen molar-refractivity contribution in [2.24, 2.45) is 0 Å². The molecule has 0 radical (unpaired) electrons. The van der Waals surface area contributed by atoms with Gasteiger partial charge in [0.05, 0.1) is 35.5 Å². The summed E-state index contributed by atoms with van der Waals surface area (Å²) in [6.45, 7) is 16.9. The van der Waals surface area contributed by atoms with Crippen LogP contribution in [0.2, 0.25) is 0 Å². The first-order chi connectivity index (χ1) is 18.9. The average molecular weight is 538 g/mol. The molecule has 1 aromatic carbocycles. The number of nitriles is 1. The first kappa shape index (κ1) is 32.9. The number of carbonyl (C=O) groups excluding carboxylic acids is 1. The van der Waals surface area contributed by atoms with Crippen LogP contribution in [0.4, 0.5) is 10.1 Å². The van der Waals surface area contributed by atoms with E-state index >= 15 is 0 Å². The molecule has 0 bridgehead atoms. The van der Waals surface area contributed by atoms with Crippen molar-refractivity contribution in [3.63, 3.8) is 0 Å². The molecule has 210 valence electrons. The van der Waals surface area contributed by atoms with Crippen LogP contribution in [-0.2, 0) is 0 Å². The first-order valence-electron chi connectivity index (χ1n) is 13.1. The zero-order valence-electron chi connectivity index (χ0n) is 23.3. The Morgan fingerprint density at radius 3 is 2.69 bits per heavy atom. The first-order valence-corrected chi connectivity index (χ1v) is 13.1. The Labute approximate surface area is 231 Å². The number of nitrogens with one attached hydrogen (secondary N) is 1. The predicted octanol–water partition coefficient (Wildman–Crippen LogP) is 5.58. The zero-order chi connectivity index (χ0) is 29.4. The summed E-state index contributed by atoms with van der Waals surface area (Å²) in [4.78, 5) is 19.6. The van der Waals surface area contributed by atoms with Crippen LogP contribution in [0, 0.1) is 17.7 Å². The number of likely N-dealkylation sites (tertiary alicyclic amines) is 1. The number of aromatic nitrogens is 1. The smallest absolute Gasteiger partial charge is 0.276 e. The number of allylic oxidation sites excluding steroid dienone is 3. The molecule has 0 spiro atoms. The number of hydrogen-bond donors (Lipinski definition) is 3. The maximum Gasteiger partial charge on any atom is 0.276 e. The Kier molecular flexibility index (Phi) is 14.6. The lowest BCUT2D eigenvalue weighted by Crippen LogP contribution is -2.39. The number of amides is 1. The number of piperidine rings is 1. The molecular formula is C30H40FN5O3. The summed E-state index contributed by atoms with van der Waals surface area (Å²) in [5.74, 6) is -0.509. The second kappa shape index (κ2) is 17.4. The maximum absolute atomic E-state index is 14.6. The zero-order valence-corrected chi connectivity index (χ0v) is 23.3. The number of rotatable bonds is 9. The summed E-state index contributed by atoms with van der Waals surface area (Å²) in [5, 5.41) is 19.4. The minimum Gasteiger partial charge on any atom is -0.494 e. The standard InChI is InChI=1S/C27H33FN4O3.C2H6.CHN/c1-4-8-25(32-14-7-9-18(33)17-32)23(6-3)31-27(34)26-22(29)12-13-24(30-26)20-16-19(35-15-5-2)10-11-21(20)28;2*1-2/h4,6,8,10-13,16,18,33H,3,5,7,9,14-15,17,29H2,1-2H3,(H,31,34);1-2H3;1H/b8-4-,25-23-;;/t18-;;/m0../s1. The monoisotopic (exact) mass is 537 g/mol. The Morgan fingerprint density at radius 1 is 1.36 bits per heavy atom. The van der Waals surface area contributed by atoms with Crippen molar-refractivity contribution in [2.45, 2.75) is 53.1 Å². The van der Waals surface area contributed by atoms with Gasteiger partial charge in [-0.25, -0.2) is 14.6 Å². The van der Waals surface area contributed by atoms with Crippen LogP contribution >= 0.6 is 0 Å². The topological polar surface area (TPSA) is 124 Å². The Bertz CT molecular complexity index is 1180. The number of aliphatic hydroxyl groups excluding tert-OH is 1. The molecule has 0 aliphatic carbocycles. The summed E-state index contributed by atoms with van der Waals surface area (Å²) >= 11 is 0. The molecule has 1 atom stereocenters. The van der Waals surface area contributed by atoms with Crippen LogP contribution in [0.1, 0.15) is 57.4 Å². The van der Waals surface area contributed by atoms with Crippen molar-refractivity contribution in [1.29, 1.82) is 5.26 Å². The van der Waals surface area contributed by atoms with Crippen molar-refractivity contribution in [1.82, 2.24) is 15.2 Å². The average Bonchev–Trinajstić information content (AvgIpc) is 2.96. The maximum atomic E-state index is 14.6. The molecule has 0 unspecified atom stereocenters. The third-order valence-electron chi connectivity index (χ3n) is 5.62. The van der Waals surface area contributed by atoms with E-state index < -0.39 is 17.8 Å². The van der Waals surface area contributed by atoms with Gasteiger partial charge in [-0.05, 0) is 68.7 Å². The number of anilines is 1. The molecule has 2 heterocycles. The fourth-order valence-corrected chi connectivity index (χ4v) is 3.91. The second-order valence-corrected chi connectivity index (χ2v) is 8.32. The fourth-order valence-electron chi connectivity index (χ4n) is 3.91. The normalized spacial score (nSPS) is 15.2. The molecule has 1 aliphatic heterocycles. The van der Waals surface area contributed by atoms with Gasteiger partial charge < -0.3 is 25.8 Å². The molecule has 9 heteroatoms. The van der Waals surface area contributed by atoms with Gasteiger partial charge >= 0.3 is 0 Å². The summed E-state index contributed by atoms with van der Waals surface area (Å²) in [7, 11) is 0. The fraction of sp³-hybridized carbons (Fsp3) is 0.367. The van der Waals surface area contributed by atoms with Crippen LogP contribution < -0.4 is 15.8 Å². The summed E-state index contributed by atoms with van der Waals surface area (Å²) in [6.07, 6.45) is 7.22. The van der Waals surface area contributed by atoms with Crippen molar-refractivity contribution in [3.8, 4) is 23.6 Å². The minimum absolute atomic E-state index is 0.0281. The number of carbonyl (C=O) groups is 1. The van der Waals surface area contributed by atoms with Gasteiger partial charge in [0.1, 0.15) is 11.6 Å². The number of nitrogens with zero attached hydrogens (tertiary/aromatic N) is 3. The lowest BCUT2D eigenvalue weighted by Gasteiger charge is -2.33. The van der Waals surface area contributed by atoms with E-state index in [1.54, 1.807) is 24.3 Å². The number of nitrogens with two attached hydrogens (primary N) is 1. The van der Waals surface area contributed by atoms with E-state index in [0.717, 1.165) is 31.5 Å². The summed E-state index contributed by atoms with van der Waals surface area (Å²) < 4.78 is 20.2. The molecule has 1 fully saturated rings. The number of β-amino-alcohol motifs (C(OH)–C–C–N with tert-alkyl or cyclic N) is 1. The third kappa shape index (κ3) is 9.27. The summed E-state index contributed by atoms with van der Waals surface area (Å²) in [6, 6.07) is 7.53. The molecule has 8 nitrogen and oxygen atoms in total. The van der Waals surface area contributed by atoms with Gasteiger partial charge in [-0.1, -0.05) is 33.4 Å². The van der Waals surface area contributed by atoms with Crippen LogP contribution in [0.15, 0.2) is 66.5 Å². The highest BCUT2D eigenvalue weighted by Gasteiger charge is 2.22. The van der Waals surface area contributed by atoms with Gasteiger partial charge in [0, 0.05) is 25.2 Å². The van der Waals surface area contributed by atoms with Crippen LogP contribution in [0.3, 0.4) is 0 Å². The van der Waals surface area contributed by atoms with Crippen molar-refractivity contribution in [3.05, 3.63) is 78.0 Å². The van der Waals surface area contributed by atoms with E-state index in [9.17, 15) is 14.3 Å². The number of halogens is 1. The largest absolute Gasteiger partial charge is 0.494 e. The lowest BCUT2D eigenvalue weighted by atomic mass is 10.1. The van der Waals surface area contributed by atoms with Crippen LogP contribution in [0.5, 0.6) is 5.75 Å².